The summed E-state index contributed by atoms with van der Waals surface area (Å²) in [5, 5.41) is 3.81. The van der Waals surface area contributed by atoms with Crippen LogP contribution in [0.2, 0.25) is 0 Å². The smallest absolute Gasteiger partial charge is 0.255 e. The molecule has 0 radical (unpaired) electrons. The van der Waals surface area contributed by atoms with Crippen molar-refractivity contribution in [3.63, 3.8) is 0 Å². The summed E-state index contributed by atoms with van der Waals surface area (Å²) in [7, 11) is 0. The highest BCUT2D eigenvalue weighted by molar-refractivity contribution is 6.35. The van der Waals surface area contributed by atoms with Gasteiger partial charge in [-0.1, -0.05) is 77.8 Å². The first-order valence-corrected chi connectivity index (χ1v) is 13.1. The van der Waals surface area contributed by atoms with E-state index in [9.17, 15) is 14.4 Å². The van der Waals surface area contributed by atoms with E-state index in [1.165, 1.54) is 0 Å². The number of nitrogens with zero attached hydrogens (tertiary/aromatic N) is 1. The molecule has 2 aliphatic heterocycles. The second-order valence-electron chi connectivity index (χ2n) is 9.42. The van der Waals surface area contributed by atoms with Gasteiger partial charge in [0, 0.05) is 28.1 Å². The number of fused-ring (bicyclic) bond motifs is 1. The summed E-state index contributed by atoms with van der Waals surface area (Å²) in [6.07, 6.45) is 5.12. The van der Waals surface area contributed by atoms with Crippen molar-refractivity contribution >= 4 is 40.9 Å². The van der Waals surface area contributed by atoms with Gasteiger partial charge in [0.2, 0.25) is 5.91 Å². The Morgan fingerprint density at radius 2 is 1.84 bits per heavy atom. The molecular formula is C28H27Cl2N3O4. The van der Waals surface area contributed by atoms with Crippen LogP contribution in [-0.4, -0.2) is 41.2 Å². The maximum absolute atomic E-state index is 13.9. The quantitative estimate of drug-likeness (QED) is 0.533. The minimum atomic E-state index is -0.822. The standard InChI is InChI=1S/C28H27Cl2N3O4/c29-18-12-13-21(22(30)15-18)25-24(27(35)32-37-16-17-7-2-1-3-8-17)19-9-4-5-10-20(19)28(36)33(25)23-11-6-14-31-26(23)34/h1-5,7-10,12,15,21,23-25H,6,11,13-14,16H2,(H,31,34)(H,32,35)/t21?,23-,24+,25-/m1/s1. The lowest BCUT2D eigenvalue weighted by Crippen LogP contribution is -2.63. The molecule has 9 heteroatoms. The number of amides is 3. The van der Waals surface area contributed by atoms with Crippen LogP contribution < -0.4 is 10.8 Å². The molecule has 2 heterocycles. The minimum absolute atomic E-state index is 0.182. The van der Waals surface area contributed by atoms with Gasteiger partial charge in [-0.3, -0.25) is 19.2 Å². The number of carbonyl (C=O) groups excluding carboxylic acids is 3. The van der Waals surface area contributed by atoms with E-state index < -0.39 is 29.8 Å². The SMILES string of the molecule is O=C1NCCC[C@H]1N1C(=O)c2ccccc2[C@H](C(=O)NOCc2ccccc2)[C@H]1C1CC=C(Cl)C=C1Cl. The molecule has 3 amide bonds. The van der Waals surface area contributed by atoms with E-state index in [0.29, 0.717) is 40.6 Å². The molecule has 0 aromatic heterocycles. The second-order valence-corrected chi connectivity index (χ2v) is 10.3. The highest BCUT2D eigenvalue weighted by Gasteiger charge is 2.51. The van der Waals surface area contributed by atoms with E-state index in [0.717, 1.165) is 12.0 Å². The summed E-state index contributed by atoms with van der Waals surface area (Å²) < 4.78 is 0. The Kier molecular flexibility index (Phi) is 7.65. The minimum Gasteiger partial charge on any atom is -0.354 e. The third kappa shape index (κ3) is 5.17. The fraction of sp³-hybridized carbons (Fsp3) is 0.321. The van der Waals surface area contributed by atoms with Crippen LogP contribution in [0.5, 0.6) is 0 Å². The van der Waals surface area contributed by atoms with E-state index in [4.69, 9.17) is 28.0 Å². The number of hydrogen-bond donors (Lipinski definition) is 2. The largest absolute Gasteiger partial charge is 0.354 e. The van der Waals surface area contributed by atoms with Gasteiger partial charge in [-0.15, -0.1) is 0 Å². The zero-order valence-electron chi connectivity index (χ0n) is 20.0. The number of halogens is 2. The molecule has 2 aromatic carbocycles. The lowest BCUT2D eigenvalue weighted by Gasteiger charge is -2.48. The Hall–Kier alpha value is -3.13. The maximum Gasteiger partial charge on any atom is 0.255 e. The van der Waals surface area contributed by atoms with Gasteiger partial charge in [0.1, 0.15) is 6.04 Å². The number of piperidine rings is 1. The van der Waals surface area contributed by atoms with Crippen LogP contribution in [0.4, 0.5) is 0 Å². The Morgan fingerprint density at radius 3 is 2.59 bits per heavy atom. The average molecular weight is 540 g/mol. The number of hydroxylamine groups is 1. The van der Waals surface area contributed by atoms with Crippen LogP contribution in [0, 0.1) is 5.92 Å². The van der Waals surface area contributed by atoms with Gasteiger partial charge < -0.3 is 10.2 Å². The first kappa shape index (κ1) is 25.5. The molecule has 1 aliphatic carbocycles. The Bertz CT molecular complexity index is 1260. The first-order chi connectivity index (χ1) is 18.0. The molecule has 2 N–H and O–H groups in total. The number of allylic oxidation sites excluding steroid dienone is 3. The van der Waals surface area contributed by atoms with Gasteiger partial charge in [0.25, 0.3) is 11.8 Å². The van der Waals surface area contributed by atoms with Crippen molar-refractivity contribution in [2.45, 2.75) is 43.9 Å². The second kappa shape index (κ2) is 11.1. The summed E-state index contributed by atoms with van der Waals surface area (Å²) in [4.78, 5) is 47.9. The van der Waals surface area contributed by atoms with Gasteiger partial charge in [0.05, 0.1) is 18.6 Å². The molecule has 2 aromatic rings. The maximum atomic E-state index is 13.9. The van der Waals surface area contributed by atoms with Crippen molar-refractivity contribution in [1.82, 2.24) is 15.7 Å². The number of rotatable bonds is 6. The highest BCUT2D eigenvalue weighted by Crippen LogP contribution is 2.44. The molecule has 37 heavy (non-hydrogen) atoms. The van der Waals surface area contributed by atoms with Crippen molar-refractivity contribution in [2.75, 3.05) is 6.54 Å². The summed E-state index contributed by atoms with van der Waals surface area (Å²) in [6, 6.07) is 15.1. The molecule has 4 atom stereocenters. The Labute approximate surface area is 225 Å². The van der Waals surface area contributed by atoms with Crippen molar-refractivity contribution in [3.05, 3.63) is 93.5 Å². The van der Waals surface area contributed by atoms with Gasteiger partial charge >= 0.3 is 0 Å². The van der Waals surface area contributed by atoms with Gasteiger partial charge in [0.15, 0.2) is 0 Å². The molecule has 1 saturated heterocycles. The molecular weight excluding hydrogens is 513 g/mol. The van der Waals surface area contributed by atoms with Crippen LogP contribution in [0.1, 0.15) is 46.7 Å². The van der Waals surface area contributed by atoms with Crippen molar-refractivity contribution in [1.29, 1.82) is 0 Å². The molecule has 5 rings (SSSR count). The summed E-state index contributed by atoms with van der Waals surface area (Å²) in [5.41, 5.74) is 4.48. The third-order valence-corrected chi connectivity index (χ3v) is 7.81. The summed E-state index contributed by atoms with van der Waals surface area (Å²) >= 11 is 12.9. The monoisotopic (exact) mass is 539 g/mol. The van der Waals surface area contributed by atoms with E-state index in [1.54, 1.807) is 35.2 Å². The van der Waals surface area contributed by atoms with Crippen LogP contribution in [0.25, 0.3) is 0 Å². The summed E-state index contributed by atoms with van der Waals surface area (Å²) in [5.74, 6) is -2.18. The van der Waals surface area contributed by atoms with Crippen molar-refractivity contribution in [2.24, 2.45) is 5.92 Å². The molecule has 7 nitrogen and oxygen atoms in total. The first-order valence-electron chi connectivity index (χ1n) is 12.3. The Morgan fingerprint density at radius 1 is 1.08 bits per heavy atom. The zero-order chi connectivity index (χ0) is 25.9. The number of carbonyl (C=O) groups is 3. The zero-order valence-corrected chi connectivity index (χ0v) is 21.5. The molecule has 0 saturated carbocycles. The molecule has 1 unspecified atom stereocenters. The van der Waals surface area contributed by atoms with Gasteiger partial charge in [-0.2, -0.15) is 0 Å². The van der Waals surface area contributed by atoms with Crippen LogP contribution >= 0.6 is 23.2 Å². The molecule has 3 aliphatic rings. The van der Waals surface area contributed by atoms with E-state index in [-0.39, 0.29) is 18.4 Å². The van der Waals surface area contributed by atoms with E-state index in [1.807, 2.05) is 36.4 Å². The number of benzene rings is 2. The average Bonchev–Trinajstić information content (AvgIpc) is 2.90. The van der Waals surface area contributed by atoms with Crippen molar-refractivity contribution in [3.8, 4) is 0 Å². The lowest BCUT2D eigenvalue weighted by atomic mass is 9.73. The van der Waals surface area contributed by atoms with Gasteiger partial charge in [-0.25, -0.2) is 5.48 Å². The van der Waals surface area contributed by atoms with E-state index >= 15 is 0 Å². The van der Waals surface area contributed by atoms with Crippen LogP contribution in [0.15, 0.2) is 76.8 Å². The highest BCUT2D eigenvalue weighted by atomic mass is 35.5. The summed E-state index contributed by atoms with van der Waals surface area (Å²) in [6.45, 7) is 0.736. The molecule has 0 spiro atoms. The van der Waals surface area contributed by atoms with Crippen LogP contribution in [-0.2, 0) is 21.0 Å². The fourth-order valence-electron chi connectivity index (χ4n) is 5.46. The molecule has 0 bridgehead atoms. The predicted molar refractivity (Wildman–Crippen MR) is 141 cm³/mol. The predicted octanol–water partition coefficient (Wildman–Crippen LogP) is 4.39. The molecule has 1 fully saturated rings. The normalized spacial score (nSPS) is 25.5. The van der Waals surface area contributed by atoms with Crippen molar-refractivity contribution < 1.29 is 19.2 Å². The fourth-order valence-corrected chi connectivity index (χ4v) is 6.05. The van der Waals surface area contributed by atoms with Crippen LogP contribution in [0.3, 0.4) is 0 Å². The third-order valence-electron chi connectivity index (χ3n) is 7.16. The molecule has 192 valence electrons. The number of hydrogen-bond acceptors (Lipinski definition) is 4. The number of nitrogens with one attached hydrogen (secondary N) is 2. The van der Waals surface area contributed by atoms with E-state index in [2.05, 4.69) is 10.8 Å². The Balaban J connectivity index is 1.54. The van der Waals surface area contributed by atoms with Gasteiger partial charge in [-0.05, 0) is 42.5 Å². The lowest BCUT2D eigenvalue weighted by molar-refractivity contribution is -0.140. The topological polar surface area (TPSA) is 87.7 Å².